The lowest BCUT2D eigenvalue weighted by Gasteiger charge is -2.24. The van der Waals surface area contributed by atoms with Gasteiger partial charge in [0.25, 0.3) is 5.91 Å². The molecule has 1 amide bonds. The number of nitrogens with two attached hydrogens (primary N) is 1. The van der Waals surface area contributed by atoms with Crippen LogP contribution >= 0.6 is 11.3 Å². The van der Waals surface area contributed by atoms with Crippen LogP contribution in [0.2, 0.25) is 0 Å². The van der Waals surface area contributed by atoms with Crippen molar-refractivity contribution < 1.29 is 4.79 Å². The molecular formula is C12H22N4OS. The van der Waals surface area contributed by atoms with E-state index in [1.807, 2.05) is 34.6 Å². The minimum Gasteiger partial charge on any atom is -0.382 e. The lowest BCUT2D eigenvalue weighted by atomic mass is 10.3. The molecular weight excluding hydrogens is 248 g/mol. The van der Waals surface area contributed by atoms with Crippen molar-refractivity contribution in [1.82, 2.24) is 9.88 Å². The first-order valence-corrected chi connectivity index (χ1v) is 7.02. The Hall–Kier alpha value is -1.30. The number of rotatable bonds is 5. The topological polar surface area (TPSA) is 71.2 Å². The van der Waals surface area contributed by atoms with E-state index in [2.05, 4.69) is 10.3 Å². The number of nitrogens with zero attached hydrogens (tertiary/aromatic N) is 2. The van der Waals surface area contributed by atoms with Gasteiger partial charge in [0.05, 0.1) is 0 Å². The molecule has 0 atom stereocenters. The molecule has 6 heteroatoms. The summed E-state index contributed by atoms with van der Waals surface area (Å²) in [6.07, 6.45) is 0. The van der Waals surface area contributed by atoms with Crippen molar-refractivity contribution in [2.45, 2.75) is 46.7 Å². The zero-order valence-electron chi connectivity index (χ0n) is 11.7. The maximum atomic E-state index is 12.3. The summed E-state index contributed by atoms with van der Waals surface area (Å²) in [6, 6.07) is 0.427. The summed E-state index contributed by atoms with van der Waals surface area (Å²) < 4.78 is 0. The van der Waals surface area contributed by atoms with Gasteiger partial charge in [-0.15, -0.1) is 0 Å². The van der Waals surface area contributed by atoms with Crippen LogP contribution in [0.4, 0.5) is 10.9 Å². The van der Waals surface area contributed by atoms with Crippen LogP contribution in [0.5, 0.6) is 0 Å². The molecule has 0 spiro atoms. The van der Waals surface area contributed by atoms with E-state index in [4.69, 9.17) is 5.73 Å². The molecule has 18 heavy (non-hydrogen) atoms. The molecule has 0 aliphatic carbocycles. The number of nitrogen functional groups attached to an aromatic ring is 1. The van der Waals surface area contributed by atoms with E-state index in [0.29, 0.717) is 22.4 Å². The standard InChI is InChI=1S/C12H22N4OS/c1-6-16(8(4)5)11(17)9-10(13)15-12(18-9)14-7(2)3/h7-8H,6,13H2,1-5H3,(H,14,15). The van der Waals surface area contributed by atoms with E-state index in [1.54, 1.807) is 4.90 Å². The van der Waals surface area contributed by atoms with E-state index in [-0.39, 0.29) is 18.0 Å². The predicted molar refractivity (Wildman–Crippen MR) is 77.1 cm³/mol. The smallest absolute Gasteiger partial charge is 0.268 e. The zero-order valence-corrected chi connectivity index (χ0v) is 12.5. The fourth-order valence-electron chi connectivity index (χ4n) is 1.67. The first kappa shape index (κ1) is 14.8. The lowest BCUT2D eigenvalue weighted by molar-refractivity contribution is 0.0722. The number of amides is 1. The van der Waals surface area contributed by atoms with Crippen LogP contribution in [0.25, 0.3) is 0 Å². The molecule has 0 aliphatic rings. The van der Waals surface area contributed by atoms with Gasteiger partial charge in [0, 0.05) is 18.6 Å². The highest BCUT2D eigenvalue weighted by molar-refractivity contribution is 7.18. The lowest BCUT2D eigenvalue weighted by Crippen LogP contribution is -2.36. The van der Waals surface area contributed by atoms with Crippen molar-refractivity contribution in [2.75, 3.05) is 17.6 Å². The van der Waals surface area contributed by atoms with Gasteiger partial charge < -0.3 is 16.0 Å². The molecule has 0 aromatic carbocycles. The molecule has 1 heterocycles. The molecule has 1 rings (SSSR count). The Labute approximate surface area is 112 Å². The van der Waals surface area contributed by atoms with E-state index < -0.39 is 0 Å². The highest BCUT2D eigenvalue weighted by Crippen LogP contribution is 2.27. The second kappa shape index (κ2) is 6.04. The maximum Gasteiger partial charge on any atom is 0.268 e. The fourth-order valence-corrected chi connectivity index (χ4v) is 2.65. The number of aromatic nitrogens is 1. The Morgan fingerprint density at radius 3 is 2.50 bits per heavy atom. The van der Waals surface area contributed by atoms with E-state index in [0.717, 1.165) is 0 Å². The van der Waals surface area contributed by atoms with E-state index in [1.165, 1.54) is 11.3 Å². The quantitative estimate of drug-likeness (QED) is 0.862. The minimum atomic E-state index is -0.0423. The second-order valence-corrected chi connectivity index (χ2v) is 5.72. The average molecular weight is 270 g/mol. The number of hydrogen-bond donors (Lipinski definition) is 2. The Bertz CT molecular complexity index is 414. The van der Waals surface area contributed by atoms with Gasteiger partial charge in [0.1, 0.15) is 10.7 Å². The van der Waals surface area contributed by atoms with Crippen LogP contribution in [-0.4, -0.2) is 34.4 Å². The first-order valence-electron chi connectivity index (χ1n) is 6.20. The summed E-state index contributed by atoms with van der Waals surface area (Å²) in [5, 5.41) is 3.86. The number of carbonyl (C=O) groups is 1. The molecule has 1 aromatic heterocycles. The van der Waals surface area contributed by atoms with Gasteiger partial charge in [-0.2, -0.15) is 0 Å². The van der Waals surface area contributed by atoms with Crippen molar-refractivity contribution in [1.29, 1.82) is 0 Å². The van der Waals surface area contributed by atoms with Crippen LogP contribution in [-0.2, 0) is 0 Å². The Balaban J connectivity index is 2.95. The van der Waals surface area contributed by atoms with Gasteiger partial charge in [-0.1, -0.05) is 11.3 Å². The van der Waals surface area contributed by atoms with Crippen LogP contribution in [0.1, 0.15) is 44.3 Å². The highest BCUT2D eigenvalue weighted by atomic mass is 32.1. The summed E-state index contributed by atoms with van der Waals surface area (Å²) in [4.78, 5) is 18.8. The molecule has 0 fully saturated rings. The molecule has 0 unspecified atom stereocenters. The van der Waals surface area contributed by atoms with Gasteiger partial charge in [-0.25, -0.2) is 4.98 Å². The molecule has 0 bridgehead atoms. The molecule has 0 radical (unpaired) electrons. The van der Waals surface area contributed by atoms with Gasteiger partial charge in [0.15, 0.2) is 5.13 Å². The van der Waals surface area contributed by atoms with Crippen molar-refractivity contribution in [2.24, 2.45) is 0 Å². The van der Waals surface area contributed by atoms with Gasteiger partial charge in [-0.3, -0.25) is 4.79 Å². The number of thiazole rings is 1. The monoisotopic (exact) mass is 270 g/mol. The number of carbonyl (C=O) groups excluding carboxylic acids is 1. The number of hydrogen-bond acceptors (Lipinski definition) is 5. The molecule has 5 nitrogen and oxygen atoms in total. The van der Waals surface area contributed by atoms with E-state index in [9.17, 15) is 4.79 Å². The van der Waals surface area contributed by atoms with Gasteiger partial charge >= 0.3 is 0 Å². The third kappa shape index (κ3) is 3.35. The molecule has 1 aromatic rings. The summed E-state index contributed by atoms with van der Waals surface area (Å²) >= 11 is 1.32. The highest BCUT2D eigenvalue weighted by Gasteiger charge is 2.23. The summed E-state index contributed by atoms with van der Waals surface area (Å²) in [6.45, 7) is 10.7. The van der Waals surface area contributed by atoms with Gasteiger partial charge in [-0.05, 0) is 34.6 Å². The maximum absolute atomic E-state index is 12.3. The Morgan fingerprint density at radius 2 is 2.06 bits per heavy atom. The van der Waals surface area contributed by atoms with Crippen molar-refractivity contribution in [3.05, 3.63) is 4.88 Å². The Kier molecular flexibility index (Phi) is 4.95. The SMILES string of the molecule is CCN(C(=O)c1sc(NC(C)C)nc1N)C(C)C. The molecule has 0 saturated carbocycles. The Morgan fingerprint density at radius 1 is 1.44 bits per heavy atom. The van der Waals surface area contributed by atoms with Crippen LogP contribution in [0, 0.1) is 0 Å². The first-order chi connectivity index (χ1) is 8.36. The number of nitrogens with one attached hydrogen (secondary N) is 1. The predicted octanol–water partition coefficient (Wildman–Crippen LogP) is 2.42. The molecule has 102 valence electrons. The summed E-state index contributed by atoms with van der Waals surface area (Å²) in [5.74, 6) is 0.270. The minimum absolute atomic E-state index is 0.0423. The largest absolute Gasteiger partial charge is 0.382 e. The summed E-state index contributed by atoms with van der Waals surface area (Å²) in [5.41, 5.74) is 5.82. The summed E-state index contributed by atoms with van der Waals surface area (Å²) in [7, 11) is 0. The van der Waals surface area contributed by atoms with Crippen LogP contribution in [0.15, 0.2) is 0 Å². The normalized spacial score (nSPS) is 11.1. The van der Waals surface area contributed by atoms with Crippen LogP contribution in [0.3, 0.4) is 0 Å². The van der Waals surface area contributed by atoms with Crippen molar-refractivity contribution in [3.8, 4) is 0 Å². The van der Waals surface area contributed by atoms with Crippen molar-refractivity contribution in [3.63, 3.8) is 0 Å². The molecule has 0 saturated heterocycles. The third-order valence-corrected chi connectivity index (χ3v) is 3.48. The van der Waals surface area contributed by atoms with Crippen molar-refractivity contribution >= 4 is 28.2 Å². The average Bonchev–Trinajstić information content (AvgIpc) is 2.58. The van der Waals surface area contributed by atoms with Crippen LogP contribution < -0.4 is 11.1 Å². The second-order valence-electron chi connectivity index (χ2n) is 4.72. The molecule has 3 N–H and O–H groups in total. The fraction of sp³-hybridized carbons (Fsp3) is 0.667. The molecule has 0 aliphatic heterocycles. The van der Waals surface area contributed by atoms with Gasteiger partial charge in [0.2, 0.25) is 0 Å². The zero-order chi connectivity index (χ0) is 13.9. The van der Waals surface area contributed by atoms with E-state index >= 15 is 0 Å². The third-order valence-electron chi connectivity index (χ3n) is 2.48. The number of anilines is 2.